The average Bonchev–Trinajstić information content (AvgIpc) is 2.68. The van der Waals surface area contributed by atoms with Crippen molar-refractivity contribution in [2.45, 2.75) is 13.0 Å². The van der Waals surface area contributed by atoms with Crippen molar-refractivity contribution in [3.05, 3.63) is 53.2 Å². The summed E-state index contributed by atoms with van der Waals surface area (Å²) in [4.78, 5) is 10.2. The number of nitro groups is 1. The Balaban J connectivity index is 2.42. The third-order valence-corrected chi connectivity index (χ3v) is 2.54. The summed E-state index contributed by atoms with van der Waals surface area (Å²) in [5, 5.41) is 11.5. The number of benzene rings is 1. The van der Waals surface area contributed by atoms with Crippen molar-refractivity contribution in [2.24, 2.45) is 0 Å². The number of non-ortho nitro benzene ring substituents is 1. The summed E-state index contributed by atoms with van der Waals surface area (Å²) < 4.78 is 2.07. The topological polar surface area (TPSA) is 48.1 Å². The maximum atomic E-state index is 10.6. The Bertz CT molecular complexity index is 543. The average molecular weight is 216 g/mol. The summed E-state index contributed by atoms with van der Waals surface area (Å²) in [6, 6.07) is 6.81. The van der Waals surface area contributed by atoms with E-state index >= 15 is 0 Å². The van der Waals surface area contributed by atoms with Crippen molar-refractivity contribution in [1.82, 2.24) is 4.57 Å². The van der Waals surface area contributed by atoms with E-state index in [0.29, 0.717) is 0 Å². The van der Waals surface area contributed by atoms with Gasteiger partial charge in [0.2, 0.25) is 0 Å². The molecule has 0 atom stereocenters. The van der Waals surface area contributed by atoms with Crippen LogP contribution < -0.4 is 0 Å². The molecule has 0 N–H and O–H groups in total. The first-order valence-corrected chi connectivity index (χ1v) is 5.06. The van der Waals surface area contributed by atoms with Crippen LogP contribution in [-0.4, -0.2) is 9.49 Å². The van der Waals surface area contributed by atoms with Gasteiger partial charge in [0.15, 0.2) is 0 Å². The maximum Gasteiger partial charge on any atom is 0.270 e. The Labute approximate surface area is 93.0 Å². The number of hydrogen-bond donors (Lipinski definition) is 0. The molecule has 4 heteroatoms. The molecule has 0 fully saturated rings. The first-order chi connectivity index (χ1) is 7.72. The Morgan fingerprint density at radius 1 is 1.44 bits per heavy atom. The molecule has 82 valence electrons. The summed E-state index contributed by atoms with van der Waals surface area (Å²) in [7, 11) is 0. The van der Waals surface area contributed by atoms with Crippen molar-refractivity contribution < 1.29 is 4.92 Å². The van der Waals surface area contributed by atoms with Crippen LogP contribution in [0.5, 0.6) is 0 Å². The van der Waals surface area contributed by atoms with Crippen molar-refractivity contribution in [3.63, 3.8) is 0 Å². The lowest BCUT2D eigenvalue weighted by molar-refractivity contribution is -0.384. The molecule has 0 aliphatic carbocycles. The molecule has 1 aromatic heterocycles. The van der Waals surface area contributed by atoms with Gasteiger partial charge in [0.05, 0.1) is 4.92 Å². The minimum Gasteiger partial charge on any atom is -0.347 e. The van der Waals surface area contributed by atoms with Crippen LogP contribution in [0.3, 0.4) is 0 Å². The van der Waals surface area contributed by atoms with E-state index in [1.54, 1.807) is 12.1 Å². The fourth-order valence-electron chi connectivity index (χ4n) is 1.73. The van der Waals surface area contributed by atoms with Crippen LogP contribution >= 0.6 is 0 Å². The normalized spacial score (nSPS) is 10.5. The lowest BCUT2D eigenvalue weighted by Gasteiger charge is -2.02. The van der Waals surface area contributed by atoms with Gasteiger partial charge in [-0.25, -0.2) is 0 Å². The minimum atomic E-state index is -0.374. The standard InChI is InChI=1S/C12H12N2O2/c1-2-3-7-13-8-6-10-9-11(14(15)16)4-5-12(10)13/h2,4-6,8-9H,1,3,7H2. The minimum absolute atomic E-state index is 0.133. The molecule has 2 rings (SSSR count). The van der Waals surface area contributed by atoms with Crippen molar-refractivity contribution in [3.8, 4) is 0 Å². The fourth-order valence-corrected chi connectivity index (χ4v) is 1.73. The molecule has 2 aromatic rings. The summed E-state index contributed by atoms with van der Waals surface area (Å²) in [6.45, 7) is 4.53. The Morgan fingerprint density at radius 2 is 2.25 bits per heavy atom. The summed E-state index contributed by atoms with van der Waals surface area (Å²) >= 11 is 0. The lowest BCUT2D eigenvalue weighted by Crippen LogP contribution is -1.94. The Hall–Kier alpha value is -2.10. The third-order valence-electron chi connectivity index (χ3n) is 2.54. The van der Waals surface area contributed by atoms with Gasteiger partial charge in [-0.2, -0.15) is 0 Å². The molecular weight excluding hydrogens is 204 g/mol. The molecule has 0 unspecified atom stereocenters. The predicted molar refractivity (Wildman–Crippen MR) is 63.4 cm³/mol. The van der Waals surface area contributed by atoms with E-state index in [1.165, 1.54) is 6.07 Å². The summed E-state index contributed by atoms with van der Waals surface area (Å²) in [6.07, 6.45) is 4.69. The smallest absolute Gasteiger partial charge is 0.270 e. The number of aryl methyl sites for hydroxylation is 1. The number of hydrogen-bond acceptors (Lipinski definition) is 2. The molecule has 1 heterocycles. The van der Waals surface area contributed by atoms with Gasteiger partial charge in [0.25, 0.3) is 5.69 Å². The SMILES string of the molecule is C=CCCn1ccc2cc([N+](=O)[O-])ccc21. The zero-order valence-electron chi connectivity index (χ0n) is 8.80. The number of aromatic nitrogens is 1. The molecule has 4 nitrogen and oxygen atoms in total. The van der Waals surface area contributed by atoms with Gasteiger partial charge in [0.1, 0.15) is 0 Å². The molecule has 0 saturated heterocycles. The van der Waals surface area contributed by atoms with Gasteiger partial charge >= 0.3 is 0 Å². The van der Waals surface area contributed by atoms with Gasteiger partial charge in [-0.1, -0.05) is 6.08 Å². The van der Waals surface area contributed by atoms with Gasteiger partial charge < -0.3 is 4.57 Å². The number of rotatable bonds is 4. The summed E-state index contributed by atoms with van der Waals surface area (Å²) in [5.41, 5.74) is 1.15. The second-order valence-electron chi connectivity index (χ2n) is 3.59. The van der Waals surface area contributed by atoms with E-state index in [2.05, 4.69) is 11.1 Å². The molecule has 0 spiro atoms. The molecule has 0 aliphatic rings. The highest BCUT2D eigenvalue weighted by atomic mass is 16.6. The lowest BCUT2D eigenvalue weighted by atomic mass is 10.2. The Morgan fingerprint density at radius 3 is 2.94 bits per heavy atom. The van der Waals surface area contributed by atoms with E-state index in [0.717, 1.165) is 23.9 Å². The number of nitro benzene ring substituents is 1. The van der Waals surface area contributed by atoms with Crippen LogP contribution in [0.15, 0.2) is 43.1 Å². The first-order valence-electron chi connectivity index (χ1n) is 5.06. The molecule has 0 aliphatic heterocycles. The number of nitrogens with zero attached hydrogens (tertiary/aromatic N) is 2. The van der Waals surface area contributed by atoms with Crippen LogP contribution in [0.4, 0.5) is 5.69 Å². The van der Waals surface area contributed by atoms with E-state index in [1.807, 2.05) is 18.3 Å². The van der Waals surface area contributed by atoms with Crippen LogP contribution in [0, 0.1) is 10.1 Å². The third kappa shape index (κ3) is 1.82. The molecule has 1 aromatic carbocycles. The predicted octanol–water partition coefficient (Wildman–Crippen LogP) is 3.13. The highest BCUT2D eigenvalue weighted by Gasteiger charge is 2.07. The van der Waals surface area contributed by atoms with E-state index in [-0.39, 0.29) is 10.6 Å². The maximum absolute atomic E-state index is 10.6. The van der Waals surface area contributed by atoms with E-state index in [9.17, 15) is 10.1 Å². The molecular formula is C12H12N2O2. The van der Waals surface area contributed by atoms with Crippen LogP contribution in [0.2, 0.25) is 0 Å². The molecule has 0 bridgehead atoms. The molecule has 0 amide bonds. The largest absolute Gasteiger partial charge is 0.347 e. The van der Waals surface area contributed by atoms with Crippen molar-refractivity contribution in [1.29, 1.82) is 0 Å². The quantitative estimate of drug-likeness (QED) is 0.448. The van der Waals surface area contributed by atoms with Gasteiger partial charge in [-0.3, -0.25) is 10.1 Å². The van der Waals surface area contributed by atoms with Crippen LogP contribution in [0.25, 0.3) is 10.9 Å². The van der Waals surface area contributed by atoms with Crippen LogP contribution in [0.1, 0.15) is 6.42 Å². The van der Waals surface area contributed by atoms with Gasteiger partial charge in [0, 0.05) is 35.8 Å². The molecule has 16 heavy (non-hydrogen) atoms. The number of fused-ring (bicyclic) bond motifs is 1. The first kappa shape index (κ1) is 10.4. The molecule has 0 saturated carbocycles. The van der Waals surface area contributed by atoms with E-state index in [4.69, 9.17) is 0 Å². The van der Waals surface area contributed by atoms with Crippen molar-refractivity contribution in [2.75, 3.05) is 0 Å². The second-order valence-corrected chi connectivity index (χ2v) is 3.59. The van der Waals surface area contributed by atoms with E-state index < -0.39 is 0 Å². The number of allylic oxidation sites excluding steroid dienone is 1. The van der Waals surface area contributed by atoms with Crippen LogP contribution in [-0.2, 0) is 6.54 Å². The zero-order chi connectivity index (χ0) is 11.5. The molecule has 0 radical (unpaired) electrons. The highest BCUT2D eigenvalue weighted by Crippen LogP contribution is 2.22. The Kier molecular flexibility index (Phi) is 2.72. The highest BCUT2D eigenvalue weighted by molar-refractivity contribution is 5.82. The zero-order valence-corrected chi connectivity index (χ0v) is 8.80. The van der Waals surface area contributed by atoms with Crippen molar-refractivity contribution >= 4 is 16.6 Å². The van der Waals surface area contributed by atoms with Gasteiger partial charge in [-0.15, -0.1) is 6.58 Å². The fraction of sp³-hybridized carbons (Fsp3) is 0.167. The van der Waals surface area contributed by atoms with Gasteiger partial charge in [-0.05, 0) is 18.6 Å². The summed E-state index contributed by atoms with van der Waals surface area (Å²) in [5.74, 6) is 0. The monoisotopic (exact) mass is 216 g/mol. The second kappa shape index (κ2) is 4.18.